The number of aliphatic hydroxyl groups is 1. The topological polar surface area (TPSA) is 72.8 Å². The molecule has 4 rings (SSSR count). The van der Waals surface area contributed by atoms with E-state index in [1.54, 1.807) is 0 Å². The lowest BCUT2D eigenvalue weighted by Gasteiger charge is -2.39. The second-order valence-electron chi connectivity index (χ2n) is 9.92. The van der Waals surface area contributed by atoms with Crippen LogP contribution in [0.5, 0.6) is 5.75 Å². The van der Waals surface area contributed by atoms with Gasteiger partial charge in [-0.3, -0.25) is 9.59 Å². The zero-order valence-corrected chi connectivity index (χ0v) is 20.2. The smallest absolute Gasteiger partial charge is 0.311 e. The van der Waals surface area contributed by atoms with Crippen LogP contribution in [0.15, 0.2) is 18.2 Å². The average Bonchev–Trinajstić information content (AvgIpc) is 3.14. The van der Waals surface area contributed by atoms with E-state index in [1.165, 1.54) is 63.5 Å². The summed E-state index contributed by atoms with van der Waals surface area (Å²) in [6.45, 7) is 6.75. The Kier molecular flexibility index (Phi) is 8.37. The van der Waals surface area contributed by atoms with E-state index in [1.807, 2.05) is 26.0 Å². The van der Waals surface area contributed by atoms with E-state index >= 15 is 0 Å². The van der Waals surface area contributed by atoms with Crippen LogP contribution in [0.25, 0.3) is 0 Å². The number of rotatable bonds is 5. The van der Waals surface area contributed by atoms with Gasteiger partial charge in [0, 0.05) is 13.8 Å². The second kappa shape index (κ2) is 10.8. The highest BCUT2D eigenvalue weighted by Crippen LogP contribution is 2.51. The summed E-state index contributed by atoms with van der Waals surface area (Å²) in [5.74, 6) is 1.50. The van der Waals surface area contributed by atoms with Crippen molar-refractivity contribution >= 4 is 11.9 Å². The van der Waals surface area contributed by atoms with E-state index in [2.05, 4.69) is 6.07 Å². The first kappa shape index (κ1) is 24.8. The van der Waals surface area contributed by atoms with Gasteiger partial charge in [0.1, 0.15) is 5.75 Å². The molecule has 0 amide bonds. The molecule has 3 aliphatic carbocycles. The summed E-state index contributed by atoms with van der Waals surface area (Å²) < 4.78 is 10.3. The number of ether oxygens (including phenoxy) is 2. The summed E-state index contributed by atoms with van der Waals surface area (Å²) in [6.07, 6.45) is 10.3. The number of carbonyl (C=O) groups excluding carboxylic acids is 2. The molecule has 32 heavy (non-hydrogen) atoms. The first-order valence-electron chi connectivity index (χ1n) is 12.6. The molecule has 2 saturated carbocycles. The van der Waals surface area contributed by atoms with E-state index < -0.39 is 17.7 Å². The minimum Gasteiger partial charge on any atom is -0.434 e. The number of fused-ring (bicyclic) bond motifs is 4. The predicted molar refractivity (Wildman–Crippen MR) is 124 cm³/mol. The predicted octanol–water partition coefficient (Wildman–Crippen LogP) is 5.60. The Labute approximate surface area is 192 Å². The second-order valence-corrected chi connectivity index (χ2v) is 9.92. The molecule has 0 saturated heterocycles. The van der Waals surface area contributed by atoms with Gasteiger partial charge in [-0.15, -0.1) is 0 Å². The Morgan fingerprint density at radius 1 is 0.938 bits per heavy atom. The normalized spacial score (nSPS) is 26.4. The Balaban J connectivity index is 0.00000141. The molecule has 4 atom stereocenters. The average molecular weight is 445 g/mol. The van der Waals surface area contributed by atoms with E-state index in [4.69, 9.17) is 9.47 Å². The third-order valence-corrected chi connectivity index (χ3v) is 7.32. The third-order valence-electron chi connectivity index (χ3n) is 7.32. The highest BCUT2D eigenvalue weighted by Gasteiger charge is 2.42. The summed E-state index contributed by atoms with van der Waals surface area (Å²) in [4.78, 5) is 23.8. The van der Waals surface area contributed by atoms with Gasteiger partial charge >= 0.3 is 11.9 Å². The van der Waals surface area contributed by atoms with Gasteiger partial charge in [-0.2, -0.15) is 0 Å². The number of esters is 2. The first-order valence-corrected chi connectivity index (χ1v) is 12.6. The van der Waals surface area contributed by atoms with Gasteiger partial charge in [-0.1, -0.05) is 32.8 Å². The lowest BCUT2D eigenvalue weighted by molar-refractivity contribution is -0.195. The van der Waals surface area contributed by atoms with Crippen LogP contribution in [0.1, 0.15) is 90.2 Å². The van der Waals surface area contributed by atoms with Gasteiger partial charge in [0.2, 0.25) is 5.79 Å². The van der Waals surface area contributed by atoms with Gasteiger partial charge in [-0.25, -0.2) is 0 Å². The summed E-state index contributed by atoms with van der Waals surface area (Å²) in [5, 5.41) is 9.49. The fraction of sp³-hybridized carbons (Fsp3) is 0.704. The van der Waals surface area contributed by atoms with E-state index in [9.17, 15) is 14.7 Å². The zero-order valence-electron chi connectivity index (χ0n) is 20.2. The Hall–Kier alpha value is -1.88. The molecule has 0 bridgehead atoms. The van der Waals surface area contributed by atoms with Crippen LogP contribution in [0, 0.1) is 23.7 Å². The number of hydrogen-bond acceptors (Lipinski definition) is 5. The Morgan fingerprint density at radius 3 is 2.38 bits per heavy atom. The van der Waals surface area contributed by atoms with Crippen molar-refractivity contribution < 1.29 is 24.2 Å². The number of aryl methyl sites for hydroxylation is 1. The third kappa shape index (κ3) is 6.34. The minimum atomic E-state index is -1.53. The molecule has 0 radical (unpaired) electrons. The maximum Gasteiger partial charge on any atom is 0.311 e. The molecule has 5 heteroatoms. The minimum absolute atomic E-state index is 0.0702. The highest BCUT2D eigenvalue weighted by atomic mass is 16.7. The molecule has 5 nitrogen and oxygen atoms in total. The molecule has 1 aromatic carbocycles. The summed E-state index contributed by atoms with van der Waals surface area (Å²) in [7, 11) is 0. The van der Waals surface area contributed by atoms with Crippen LogP contribution >= 0.6 is 0 Å². The van der Waals surface area contributed by atoms with Gasteiger partial charge < -0.3 is 14.6 Å². The Morgan fingerprint density at radius 2 is 1.62 bits per heavy atom. The van der Waals surface area contributed by atoms with E-state index in [-0.39, 0.29) is 12.8 Å². The van der Waals surface area contributed by atoms with Gasteiger partial charge in [-0.05, 0) is 85.5 Å². The van der Waals surface area contributed by atoms with Crippen molar-refractivity contribution in [2.45, 2.75) is 97.7 Å². The zero-order chi connectivity index (χ0) is 23.3. The molecule has 178 valence electrons. The van der Waals surface area contributed by atoms with Crippen LogP contribution in [-0.4, -0.2) is 22.8 Å². The quantitative estimate of drug-likeness (QED) is 0.363. The standard InChI is InChI=1S/C25H34O5.C2H6/c1-25(2,28)30-24(27)13-12-23(26)29-20-10-8-17-14-19-7-6-16-4-3-5-21(16)22(19)11-9-18(17)15-20;1-2/h8,10,15-16,19,21-22,28H,3-7,9,11-14H2,1-2H3;1-2H3. The van der Waals surface area contributed by atoms with Crippen LogP contribution in [-0.2, 0) is 27.2 Å². The van der Waals surface area contributed by atoms with E-state index in [0.717, 1.165) is 36.5 Å². The molecule has 3 aliphatic rings. The maximum absolute atomic E-state index is 12.2. The lowest BCUT2D eigenvalue weighted by Crippen LogP contribution is -2.32. The van der Waals surface area contributed by atoms with Crippen molar-refractivity contribution in [3.8, 4) is 5.75 Å². The first-order chi connectivity index (χ1) is 15.3. The Bertz CT molecular complexity index is 794. The van der Waals surface area contributed by atoms with Crippen molar-refractivity contribution in [3.05, 3.63) is 29.3 Å². The van der Waals surface area contributed by atoms with Crippen molar-refractivity contribution in [2.24, 2.45) is 23.7 Å². The summed E-state index contributed by atoms with van der Waals surface area (Å²) in [5.41, 5.74) is 2.72. The van der Waals surface area contributed by atoms with Crippen molar-refractivity contribution in [1.82, 2.24) is 0 Å². The van der Waals surface area contributed by atoms with Gasteiger partial charge in [0.25, 0.3) is 0 Å². The molecule has 0 heterocycles. The molecule has 0 aliphatic heterocycles. The number of hydrogen-bond donors (Lipinski definition) is 1. The molecule has 2 fully saturated rings. The largest absolute Gasteiger partial charge is 0.434 e. The van der Waals surface area contributed by atoms with Crippen molar-refractivity contribution in [1.29, 1.82) is 0 Å². The fourth-order valence-electron chi connectivity index (χ4n) is 6.10. The highest BCUT2D eigenvalue weighted by molar-refractivity contribution is 5.79. The van der Waals surface area contributed by atoms with E-state index in [0.29, 0.717) is 5.75 Å². The number of benzene rings is 1. The molecular weight excluding hydrogens is 404 g/mol. The van der Waals surface area contributed by atoms with Crippen molar-refractivity contribution in [3.63, 3.8) is 0 Å². The molecular formula is C27H40O5. The molecule has 4 unspecified atom stereocenters. The van der Waals surface area contributed by atoms with Crippen LogP contribution in [0.4, 0.5) is 0 Å². The molecule has 1 aromatic rings. The lowest BCUT2D eigenvalue weighted by atomic mass is 9.66. The van der Waals surface area contributed by atoms with Crippen LogP contribution in [0.3, 0.4) is 0 Å². The van der Waals surface area contributed by atoms with Gasteiger partial charge in [0.15, 0.2) is 0 Å². The maximum atomic E-state index is 12.2. The van der Waals surface area contributed by atoms with Gasteiger partial charge in [0.05, 0.1) is 12.8 Å². The van der Waals surface area contributed by atoms with Crippen LogP contribution in [0.2, 0.25) is 0 Å². The number of carbonyl (C=O) groups is 2. The fourth-order valence-corrected chi connectivity index (χ4v) is 6.10. The monoisotopic (exact) mass is 444 g/mol. The molecule has 0 aromatic heterocycles. The summed E-state index contributed by atoms with van der Waals surface area (Å²) >= 11 is 0. The molecule has 1 N–H and O–H groups in total. The van der Waals surface area contributed by atoms with Crippen molar-refractivity contribution in [2.75, 3.05) is 0 Å². The molecule has 0 spiro atoms. The van der Waals surface area contributed by atoms with Crippen LogP contribution < -0.4 is 4.74 Å². The summed E-state index contributed by atoms with van der Waals surface area (Å²) in [6, 6.07) is 6.03. The SMILES string of the molecule is CC.CC(C)(O)OC(=O)CCC(=O)Oc1ccc2c(c1)CCC1C(CCC3CCCC31)C2.